The first-order valence-corrected chi connectivity index (χ1v) is 5.58. The summed E-state index contributed by atoms with van der Waals surface area (Å²) in [5, 5.41) is 9.25. The normalized spacial score (nSPS) is 45.5. The lowest BCUT2D eigenvalue weighted by molar-refractivity contribution is 0.0827. The highest BCUT2D eigenvalue weighted by Crippen LogP contribution is 2.54. The van der Waals surface area contributed by atoms with Crippen LogP contribution in [0.15, 0.2) is 0 Å². The van der Waals surface area contributed by atoms with Gasteiger partial charge in [-0.3, -0.25) is 0 Å². The Morgan fingerprint density at radius 1 is 1.31 bits per heavy atom. The van der Waals surface area contributed by atoms with Crippen LogP contribution in [0.4, 0.5) is 0 Å². The summed E-state index contributed by atoms with van der Waals surface area (Å²) in [6.45, 7) is 0.404. The Labute approximate surface area is 79.3 Å². The lowest BCUT2D eigenvalue weighted by Gasteiger charge is -2.22. The molecule has 3 atom stereocenters. The van der Waals surface area contributed by atoms with Crippen LogP contribution in [0.1, 0.15) is 38.5 Å². The third-order valence-electron chi connectivity index (χ3n) is 4.22. The minimum absolute atomic E-state index is 0.332. The molecule has 0 aromatic rings. The maximum atomic E-state index is 9.25. The zero-order chi connectivity index (χ0) is 8.89. The molecular formula is C11H18O2. The van der Waals surface area contributed by atoms with Gasteiger partial charge in [-0.1, -0.05) is 0 Å². The zero-order valence-corrected chi connectivity index (χ0v) is 8.04. The summed E-state index contributed by atoms with van der Waals surface area (Å²) in [6.07, 6.45) is 8.68. The fraction of sp³-hybridized carbons (Fsp3) is 1.00. The summed E-state index contributed by atoms with van der Waals surface area (Å²) in [7, 11) is 0. The molecule has 1 N–H and O–H groups in total. The average molecular weight is 182 g/mol. The van der Waals surface area contributed by atoms with E-state index in [2.05, 4.69) is 0 Å². The molecule has 0 spiro atoms. The van der Waals surface area contributed by atoms with Crippen LogP contribution in [0.3, 0.4) is 0 Å². The molecule has 0 radical (unpaired) electrons. The minimum Gasteiger partial charge on any atom is -0.396 e. The zero-order valence-electron chi connectivity index (χ0n) is 8.04. The highest BCUT2D eigenvalue weighted by Gasteiger charge is 2.49. The van der Waals surface area contributed by atoms with Gasteiger partial charge in [0.1, 0.15) is 0 Å². The summed E-state index contributed by atoms with van der Waals surface area (Å²) in [6, 6.07) is 0. The molecule has 0 aromatic heterocycles. The van der Waals surface area contributed by atoms with Crippen molar-refractivity contribution in [1.29, 1.82) is 0 Å². The van der Waals surface area contributed by atoms with Crippen molar-refractivity contribution in [2.45, 2.75) is 50.7 Å². The molecular weight excluding hydrogens is 164 g/mol. The quantitative estimate of drug-likeness (QED) is 0.720. The molecule has 1 aliphatic carbocycles. The van der Waals surface area contributed by atoms with Gasteiger partial charge in [0.25, 0.3) is 0 Å². The molecule has 2 nitrogen and oxygen atoms in total. The van der Waals surface area contributed by atoms with Gasteiger partial charge in [-0.15, -0.1) is 0 Å². The maximum Gasteiger partial charge on any atom is 0.0609 e. The van der Waals surface area contributed by atoms with Crippen molar-refractivity contribution in [2.24, 2.45) is 11.3 Å². The molecule has 2 bridgehead atoms. The second kappa shape index (κ2) is 2.71. The Morgan fingerprint density at radius 3 is 2.62 bits per heavy atom. The molecule has 0 aromatic carbocycles. The van der Waals surface area contributed by atoms with Gasteiger partial charge in [-0.2, -0.15) is 0 Å². The Morgan fingerprint density at radius 2 is 2.15 bits per heavy atom. The second-order valence-corrected chi connectivity index (χ2v) is 5.23. The minimum atomic E-state index is 0.332. The van der Waals surface area contributed by atoms with Crippen LogP contribution in [0.2, 0.25) is 0 Å². The van der Waals surface area contributed by atoms with Crippen molar-refractivity contribution in [3.8, 4) is 0 Å². The Balaban J connectivity index is 1.62. The smallest absolute Gasteiger partial charge is 0.0609 e. The van der Waals surface area contributed by atoms with E-state index in [4.69, 9.17) is 4.74 Å². The number of ether oxygens (including phenoxy) is 1. The van der Waals surface area contributed by atoms with E-state index in [-0.39, 0.29) is 0 Å². The number of aliphatic hydroxyl groups excluding tert-OH is 1. The highest BCUT2D eigenvalue weighted by molar-refractivity contribution is 4.99. The van der Waals surface area contributed by atoms with Gasteiger partial charge < -0.3 is 9.84 Å². The number of hydrogen-bond acceptors (Lipinski definition) is 2. The molecule has 3 fully saturated rings. The predicted molar refractivity (Wildman–Crippen MR) is 49.4 cm³/mol. The highest BCUT2D eigenvalue weighted by atomic mass is 16.5. The maximum absolute atomic E-state index is 9.25. The summed E-state index contributed by atoms with van der Waals surface area (Å²) in [5.41, 5.74) is 0.332. The standard InChI is InChI=1S/C11H18O2/c12-7-11(3-4-11)6-8-5-9-1-2-10(8)13-9/h8-10,12H,1-7H2. The van der Waals surface area contributed by atoms with E-state index in [0.717, 1.165) is 5.92 Å². The van der Waals surface area contributed by atoms with Crippen LogP contribution in [0.25, 0.3) is 0 Å². The molecule has 2 aliphatic heterocycles. The molecule has 0 amide bonds. The lowest BCUT2D eigenvalue weighted by atomic mass is 9.81. The fourth-order valence-corrected chi connectivity index (χ4v) is 3.12. The van der Waals surface area contributed by atoms with Crippen molar-refractivity contribution in [1.82, 2.24) is 0 Å². The number of fused-ring (bicyclic) bond motifs is 2. The van der Waals surface area contributed by atoms with Crippen LogP contribution in [-0.4, -0.2) is 23.9 Å². The fourth-order valence-electron chi connectivity index (χ4n) is 3.12. The third kappa shape index (κ3) is 1.31. The molecule has 13 heavy (non-hydrogen) atoms. The van der Waals surface area contributed by atoms with Gasteiger partial charge in [-0.25, -0.2) is 0 Å². The number of hydrogen-bond donors (Lipinski definition) is 1. The van der Waals surface area contributed by atoms with E-state index < -0.39 is 0 Å². The van der Waals surface area contributed by atoms with E-state index in [0.29, 0.717) is 24.2 Å². The monoisotopic (exact) mass is 182 g/mol. The molecule has 2 saturated heterocycles. The van der Waals surface area contributed by atoms with Crippen molar-refractivity contribution >= 4 is 0 Å². The molecule has 2 heterocycles. The summed E-state index contributed by atoms with van der Waals surface area (Å²) < 4.78 is 5.82. The van der Waals surface area contributed by atoms with Crippen molar-refractivity contribution in [2.75, 3.05) is 6.61 Å². The van der Waals surface area contributed by atoms with E-state index >= 15 is 0 Å². The molecule has 1 saturated carbocycles. The van der Waals surface area contributed by atoms with Crippen molar-refractivity contribution in [3.05, 3.63) is 0 Å². The van der Waals surface area contributed by atoms with Gasteiger partial charge in [0.05, 0.1) is 12.2 Å². The van der Waals surface area contributed by atoms with Gasteiger partial charge in [0, 0.05) is 6.61 Å². The van der Waals surface area contributed by atoms with E-state index in [1.54, 1.807) is 0 Å². The van der Waals surface area contributed by atoms with Crippen LogP contribution >= 0.6 is 0 Å². The summed E-state index contributed by atoms with van der Waals surface area (Å²) in [4.78, 5) is 0. The molecule has 3 aliphatic rings. The Hall–Kier alpha value is -0.0800. The summed E-state index contributed by atoms with van der Waals surface area (Å²) >= 11 is 0. The summed E-state index contributed by atoms with van der Waals surface area (Å²) in [5.74, 6) is 0.772. The number of rotatable bonds is 3. The van der Waals surface area contributed by atoms with Crippen molar-refractivity contribution in [3.63, 3.8) is 0 Å². The Kier molecular flexibility index (Phi) is 1.72. The van der Waals surface area contributed by atoms with E-state index in [9.17, 15) is 5.11 Å². The molecule has 3 rings (SSSR count). The van der Waals surface area contributed by atoms with Crippen LogP contribution < -0.4 is 0 Å². The molecule has 3 unspecified atom stereocenters. The van der Waals surface area contributed by atoms with Gasteiger partial charge in [0.2, 0.25) is 0 Å². The van der Waals surface area contributed by atoms with Crippen LogP contribution in [0, 0.1) is 11.3 Å². The number of aliphatic hydroxyl groups is 1. The van der Waals surface area contributed by atoms with E-state index in [1.807, 2.05) is 0 Å². The van der Waals surface area contributed by atoms with Gasteiger partial charge in [-0.05, 0) is 49.9 Å². The topological polar surface area (TPSA) is 29.5 Å². The first-order valence-electron chi connectivity index (χ1n) is 5.58. The molecule has 2 heteroatoms. The Bertz CT molecular complexity index is 210. The first kappa shape index (κ1) is 8.25. The lowest BCUT2D eigenvalue weighted by Crippen LogP contribution is -2.22. The van der Waals surface area contributed by atoms with Crippen LogP contribution in [-0.2, 0) is 4.74 Å². The van der Waals surface area contributed by atoms with E-state index in [1.165, 1.54) is 38.5 Å². The molecule has 74 valence electrons. The first-order chi connectivity index (χ1) is 6.31. The SMILES string of the molecule is OCC1(CC2CC3CCC2O3)CC1. The van der Waals surface area contributed by atoms with Crippen molar-refractivity contribution < 1.29 is 9.84 Å². The van der Waals surface area contributed by atoms with Gasteiger partial charge in [0.15, 0.2) is 0 Å². The van der Waals surface area contributed by atoms with Crippen LogP contribution in [0.5, 0.6) is 0 Å². The second-order valence-electron chi connectivity index (χ2n) is 5.23. The van der Waals surface area contributed by atoms with Gasteiger partial charge >= 0.3 is 0 Å². The third-order valence-corrected chi connectivity index (χ3v) is 4.22. The largest absolute Gasteiger partial charge is 0.396 e. The predicted octanol–water partition coefficient (Wildman–Crippen LogP) is 1.72. The average Bonchev–Trinajstić information content (AvgIpc) is 2.62.